The molecule has 1 N–H and O–H groups in total. The maximum absolute atomic E-state index is 6.27. The monoisotopic (exact) mass is 225 g/mol. The maximum atomic E-state index is 6.27. The number of ether oxygens (including phenoxy) is 1. The maximum Gasteiger partial charge on any atom is 0.0806 e. The summed E-state index contributed by atoms with van der Waals surface area (Å²) in [6.07, 6.45) is 9.39. The molecule has 0 atom stereocenters. The van der Waals surface area contributed by atoms with Gasteiger partial charge in [0.1, 0.15) is 0 Å². The first-order valence-electron chi connectivity index (χ1n) is 7.06. The Kier molecular flexibility index (Phi) is 4.26. The first-order valence-corrected chi connectivity index (χ1v) is 7.06. The van der Waals surface area contributed by atoms with Gasteiger partial charge < -0.3 is 10.1 Å². The van der Waals surface area contributed by atoms with E-state index >= 15 is 0 Å². The quantitative estimate of drug-likeness (QED) is 0.750. The smallest absolute Gasteiger partial charge is 0.0806 e. The van der Waals surface area contributed by atoms with E-state index in [1.807, 2.05) is 7.05 Å². The third kappa shape index (κ3) is 3.21. The van der Waals surface area contributed by atoms with Crippen LogP contribution in [-0.2, 0) is 4.74 Å². The van der Waals surface area contributed by atoms with Crippen molar-refractivity contribution in [1.29, 1.82) is 0 Å². The van der Waals surface area contributed by atoms with Crippen LogP contribution >= 0.6 is 0 Å². The van der Waals surface area contributed by atoms with Crippen molar-refractivity contribution in [3.05, 3.63) is 0 Å². The molecule has 2 nitrogen and oxygen atoms in total. The molecule has 0 spiro atoms. The summed E-state index contributed by atoms with van der Waals surface area (Å²) in [7, 11) is 2.05. The Morgan fingerprint density at radius 3 is 2.31 bits per heavy atom. The first-order chi connectivity index (χ1) is 7.78. The van der Waals surface area contributed by atoms with Crippen molar-refractivity contribution in [3.63, 3.8) is 0 Å². The summed E-state index contributed by atoms with van der Waals surface area (Å²) in [6, 6.07) is 0. The second kappa shape index (κ2) is 5.50. The predicted molar refractivity (Wildman–Crippen MR) is 67.6 cm³/mol. The van der Waals surface area contributed by atoms with Gasteiger partial charge >= 0.3 is 0 Å². The van der Waals surface area contributed by atoms with Gasteiger partial charge in [0.15, 0.2) is 0 Å². The molecule has 2 fully saturated rings. The van der Waals surface area contributed by atoms with E-state index in [1.54, 1.807) is 0 Å². The van der Waals surface area contributed by atoms with Gasteiger partial charge in [0.25, 0.3) is 0 Å². The van der Waals surface area contributed by atoms with E-state index in [2.05, 4.69) is 12.2 Å². The molecule has 0 saturated heterocycles. The molecule has 2 aliphatic carbocycles. The number of nitrogens with one attached hydrogen (secondary N) is 1. The highest BCUT2D eigenvalue weighted by molar-refractivity contribution is 4.89. The van der Waals surface area contributed by atoms with Crippen LogP contribution in [0.4, 0.5) is 0 Å². The van der Waals surface area contributed by atoms with Crippen molar-refractivity contribution < 1.29 is 4.74 Å². The van der Waals surface area contributed by atoms with E-state index in [-0.39, 0.29) is 5.60 Å². The second-order valence-corrected chi connectivity index (χ2v) is 5.82. The zero-order valence-electron chi connectivity index (χ0n) is 10.9. The Morgan fingerprint density at radius 2 is 1.81 bits per heavy atom. The van der Waals surface area contributed by atoms with E-state index in [0.29, 0.717) is 0 Å². The van der Waals surface area contributed by atoms with Crippen LogP contribution in [0.25, 0.3) is 0 Å². The molecule has 0 aromatic rings. The molecule has 2 aliphatic rings. The van der Waals surface area contributed by atoms with Crippen LogP contribution in [0.15, 0.2) is 0 Å². The Balaban J connectivity index is 1.82. The van der Waals surface area contributed by atoms with Crippen LogP contribution < -0.4 is 5.32 Å². The Bertz CT molecular complexity index is 205. The van der Waals surface area contributed by atoms with Gasteiger partial charge in [-0.2, -0.15) is 0 Å². The minimum absolute atomic E-state index is 0.170. The van der Waals surface area contributed by atoms with Gasteiger partial charge in [0.2, 0.25) is 0 Å². The van der Waals surface area contributed by atoms with Crippen LogP contribution in [0.5, 0.6) is 0 Å². The summed E-state index contributed by atoms with van der Waals surface area (Å²) in [5.74, 6) is 1.84. The number of hydrogen-bond acceptors (Lipinski definition) is 2. The fraction of sp³-hybridized carbons (Fsp3) is 1.00. The molecule has 0 aromatic heterocycles. The van der Waals surface area contributed by atoms with Gasteiger partial charge in [-0.25, -0.2) is 0 Å². The van der Waals surface area contributed by atoms with Gasteiger partial charge in [0.05, 0.1) is 12.2 Å². The van der Waals surface area contributed by atoms with E-state index in [9.17, 15) is 0 Å². The third-order valence-corrected chi connectivity index (χ3v) is 4.41. The molecule has 0 aliphatic heterocycles. The highest BCUT2D eigenvalue weighted by atomic mass is 16.5. The summed E-state index contributed by atoms with van der Waals surface area (Å²) < 4.78 is 6.27. The number of hydrogen-bond donors (Lipinski definition) is 1. The molecule has 2 heteroatoms. The fourth-order valence-corrected chi connectivity index (χ4v) is 2.89. The SMILES string of the molecule is CCC1CCC(CNC)(OCC2CC2)CC1. The Labute approximate surface area is 100 Å². The fourth-order valence-electron chi connectivity index (χ4n) is 2.89. The Hall–Kier alpha value is -0.0800. The Morgan fingerprint density at radius 1 is 1.12 bits per heavy atom. The molecule has 0 bridgehead atoms. The lowest BCUT2D eigenvalue weighted by molar-refractivity contribution is -0.0796. The first kappa shape index (κ1) is 12.4. The number of rotatable bonds is 6. The molecule has 0 amide bonds. The van der Waals surface area contributed by atoms with Crippen LogP contribution in [-0.4, -0.2) is 25.8 Å². The summed E-state index contributed by atoms with van der Waals surface area (Å²) in [5.41, 5.74) is 0.170. The van der Waals surface area contributed by atoms with E-state index in [1.165, 1.54) is 44.9 Å². The van der Waals surface area contributed by atoms with Crippen LogP contribution in [0.2, 0.25) is 0 Å². The second-order valence-electron chi connectivity index (χ2n) is 5.82. The minimum atomic E-state index is 0.170. The molecule has 0 aromatic carbocycles. The van der Waals surface area contributed by atoms with Crippen molar-refractivity contribution in [3.8, 4) is 0 Å². The zero-order chi connectivity index (χ0) is 11.4. The molecule has 16 heavy (non-hydrogen) atoms. The average molecular weight is 225 g/mol. The predicted octanol–water partition coefficient (Wildman–Crippen LogP) is 2.97. The summed E-state index contributed by atoms with van der Waals surface area (Å²) >= 11 is 0. The van der Waals surface area contributed by atoms with Crippen molar-refractivity contribution in [2.24, 2.45) is 11.8 Å². The van der Waals surface area contributed by atoms with Crippen molar-refractivity contribution in [2.45, 2.75) is 57.5 Å². The average Bonchev–Trinajstić information content (AvgIpc) is 3.12. The normalized spacial score (nSPS) is 35.2. The summed E-state index contributed by atoms with van der Waals surface area (Å²) in [5, 5.41) is 3.33. The molecule has 0 unspecified atom stereocenters. The molecule has 2 saturated carbocycles. The number of likely N-dealkylation sites (N-methyl/N-ethyl adjacent to an activating group) is 1. The molecule has 0 heterocycles. The summed E-state index contributed by atoms with van der Waals surface area (Å²) in [4.78, 5) is 0. The van der Waals surface area contributed by atoms with E-state index in [0.717, 1.165) is 25.0 Å². The standard InChI is InChI=1S/C14H27NO/c1-3-12-6-8-14(9-7-12,11-15-2)16-10-13-4-5-13/h12-13,15H,3-11H2,1-2H3. The van der Waals surface area contributed by atoms with Gasteiger partial charge in [0, 0.05) is 6.54 Å². The lowest BCUT2D eigenvalue weighted by Crippen LogP contribution is -2.45. The van der Waals surface area contributed by atoms with Gasteiger partial charge in [-0.15, -0.1) is 0 Å². The lowest BCUT2D eigenvalue weighted by Gasteiger charge is -2.40. The van der Waals surface area contributed by atoms with Crippen molar-refractivity contribution >= 4 is 0 Å². The van der Waals surface area contributed by atoms with E-state index in [4.69, 9.17) is 4.74 Å². The van der Waals surface area contributed by atoms with Gasteiger partial charge in [-0.3, -0.25) is 0 Å². The van der Waals surface area contributed by atoms with Crippen LogP contribution in [0.1, 0.15) is 51.9 Å². The molecule has 2 rings (SSSR count). The minimum Gasteiger partial charge on any atom is -0.373 e. The molecule has 0 radical (unpaired) electrons. The zero-order valence-corrected chi connectivity index (χ0v) is 10.9. The van der Waals surface area contributed by atoms with Gasteiger partial charge in [-0.1, -0.05) is 13.3 Å². The third-order valence-electron chi connectivity index (χ3n) is 4.41. The molecular formula is C14H27NO. The van der Waals surface area contributed by atoms with Crippen molar-refractivity contribution in [1.82, 2.24) is 5.32 Å². The topological polar surface area (TPSA) is 21.3 Å². The summed E-state index contributed by atoms with van der Waals surface area (Å²) in [6.45, 7) is 4.37. The molecule has 94 valence electrons. The lowest BCUT2D eigenvalue weighted by atomic mass is 9.77. The largest absolute Gasteiger partial charge is 0.373 e. The van der Waals surface area contributed by atoms with E-state index < -0.39 is 0 Å². The highest BCUT2D eigenvalue weighted by Crippen LogP contribution is 2.38. The van der Waals surface area contributed by atoms with Crippen molar-refractivity contribution in [2.75, 3.05) is 20.2 Å². The highest BCUT2D eigenvalue weighted by Gasteiger charge is 2.36. The van der Waals surface area contributed by atoms with Gasteiger partial charge in [-0.05, 0) is 57.4 Å². The van der Waals surface area contributed by atoms with Crippen LogP contribution in [0.3, 0.4) is 0 Å². The van der Waals surface area contributed by atoms with Crippen LogP contribution in [0, 0.1) is 11.8 Å². The molecular weight excluding hydrogens is 198 g/mol.